The number of esters is 1. The zero-order chi connectivity index (χ0) is 10.6. The summed E-state index contributed by atoms with van der Waals surface area (Å²) in [5.74, 6) is -0.264. The second-order valence-corrected chi connectivity index (χ2v) is 3.93. The van der Waals surface area contributed by atoms with Crippen LogP contribution in [0.25, 0.3) is 0 Å². The van der Waals surface area contributed by atoms with Gasteiger partial charge in [-0.1, -0.05) is 0 Å². The summed E-state index contributed by atoms with van der Waals surface area (Å²) in [7, 11) is 1.38. The van der Waals surface area contributed by atoms with Crippen LogP contribution in [0.3, 0.4) is 0 Å². The first-order valence-electron chi connectivity index (χ1n) is 4.28. The summed E-state index contributed by atoms with van der Waals surface area (Å²) in [5.41, 5.74) is 6.45. The summed E-state index contributed by atoms with van der Waals surface area (Å²) < 4.78 is 4.58. The second-order valence-electron chi connectivity index (χ2n) is 2.92. The first-order chi connectivity index (χ1) is 6.65. The minimum absolute atomic E-state index is 0.264. The molecular formula is C9H14N2O2S. The predicted molar refractivity (Wildman–Crippen MR) is 57.0 cm³/mol. The van der Waals surface area contributed by atoms with Crippen molar-refractivity contribution < 1.29 is 9.53 Å². The molecule has 0 bridgehead atoms. The number of nitrogens with two attached hydrogens (primary N) is 1. The lowest BCUT2D eigenvalue weighted by Crippen LogP contribution is -2.34. The van der Waals surface area contributed by atoms with Gasteiger partial charge < -0.3 is 10.5 Å². The van der Waals surface area contributed by atoms with Gasteiger partial charge in [0, 0.05) is 17.1 Å². The molecule has 0 aliphatic heterocycles. The van der Waals surface area contributed by atoms with Gasteiger partial charge in [0.15, 0.2) is 0 Å². The molecular weight excluding hydrogens is 200 g/mol. The van der Waals surface area contributed by atoms with Gasteiger partial charge in [0.05, 0.1) is 7.11 Å². The van der Waals surface area contributed by atoms with Gasteiger partial charge in [0.25, 0.3) is 0 Å². The van der Waals surface area contributed by atoms with Crippen LogP contribution in [0.2, 0.25) is 0 Å². The predicted octanol–water partition coefficient (Wildman–Crippen LogP) is 0.981. The van der Waals surface area contributed by atoms with Crippen LogP contribution >= 0.6 is 11.3 Å². The van der Waals surface area contributed by atoms with Gasteiger partial charge >= 0.3 is 5.97 Å². The van der Waals surface area contributed by atoms with Crippen molar-refractivity contribution in [3.63, 3.8) is 0 Å². The first kappa shape index (κ1) is 11.0. The molecule has 3 N–H and O–H groups in total. The lowest BCUT2D eigenvalue weighted by Gasteiger charge is -2.10. The van der Waals surface area contributed by atoms with Gasteiger partial charge in [-0.3, -0.25) is 10.1 Å². The smallest absolute Gasteiger partial charge is 0.322 e. The Morgan fingerprint density at radius 1 is 1.79 bits per heavy atom. The van der Waals surface area contributed by atoms with E-state index in [4.69, 9.17) is 5.73 Å². The maximum absolute atomic E-state index is 11.0. The highest BCUT2D eigenvalue weighted by Gasteiger charge is 2.12. The summed E-state index contributed by atoms with van der Waals surface area (Å²) in [5, 5.41) is 4.96. The molecule has 0 saturated carbocycles. The van der Waals surface area contributed by atoms with Crippen molar-refractivity contribution in [2.75, 3.05) is 12.8 Å². The van der Waals surface area contributed by atoms with E-state index in [1.807, 2.05) is 11.4 Å². The number of anilines is 1. The molecule has 0 aliphatic carbocycles. The van der Waals surface area contributed by atoms with E-state index < -0.39 is 0 Å². The van der Waals surface area contributed by atoms with Crippen molar-refractivity contribution in [3.8, 4) is 0 Å². The number of carbonyl (C=O) groups is 1. The fourth-order valence-corrected chi connectivity index (χ4v) is 1.75. The molecule has 1 unspecified atom stereocenters. The lowest BCUT2D eigenvalue weighted by molar-refractivity contribution is -0.142. The fraction of sp³-hybridized carbons (Fsp3) is 0.444. The Labute approximate surface area is 87.1 Å². The van der Waals surface area contributed by atoms with Crippen LogP contribution in [0.1, 0.15) is 11.8 Å². The SMILES string of the molecule is COC(=O)C(C)NCc1sccc1N. The topological polar surface area (TPSA) is 64.3 Å². The number of ether oxygens (including phenoxy) is 1. The monoisotopic (exact) mass is 214 g/mol. The number of rotatable bonds is 4. The molecule has 1 rings (SSSR count). The van der Waals surface area contributed by atoms with E-state index in [1.54, 1.807) is 18.3 Å². The van der Waals surface area contributed by atoms with Gasteiger partial charge in [-0.15, -0.1) is 11.3 Å². The summed E-state index contributed by atoms with van der Waals surface area (Å²) in [4.78, 5) is 12.1. The molecule has 4 nitrogen and oxygen atoms in total. The van der Waals surface area contributed by atoms with Gasteiger partial charge in [-0.2, -0.15) is 0 Å². The van der Waals surface area contributed by atoms with Crippen LogP contribution in [0.15, 0.2) is 11.4 Å². The number of nitrogen functional groups attached to an aromatic ring is 1. The second kappa shape index (κ2) is 4.97. The Balaban J connectivity index is 2.41. The highest BCUT2D eigenvalue weighted by molar-refractivity contribution is 7.10. The van der Waals surface area contributed by atoms with Gasteiger partial charge in [0.2, 0.25) is 0 Å². The molecule has 5 heteroatoms. The maximum Gasteiger partial charge on any atom is 0.322 e. The molecule has 1 heterocycles. The maximum atomic E-state index is 11.0. The van der Waals surface area contributed by atoms with E-state index in [1.165, 1.54) is 7.11 Å². The summed E-state index contributed by atoms with van der Waals surface area (Å²) in [6.07, 6.45) is 0. The van der Waals surface area contributed by atoms with E-state index in [-0.39, 0.29) is 12.0 Å². The van der Waals surface area contributed by atoms with Crippen LogP contribution in [-0.2, 0) is 16.1 Å². The van der Waals surface area contributed by atoms with Gasteiger partial charge in [-0.05, 0) is 18.4 Å². The summed E-state index contributed by atoms with van der Waals surface area (Å²) in [6.45, 7) is 2.36. The number of nitrogens with one attached hydrogen (secondary N) is 1. The highest BCUT2D eigenvalue weighted by Crippen LogP contribution is 2.18. The molecule has 0 amide bonds. The Hall–Kier alpha value is -1.07. The molecule has 0 saturated heterocycles. The van der Waals surface area contributed by atoms with E-state index in [0.29, 0.717) is 6.54 Å². The van der Waals surface area contributed by atoms with Crippen molar-refractivity contribution in [2.24, 2.45) is 0 Å². The zero-order valence-corrected chi connectivity index (χ0v) is 9.06. The van der Waals surface area contributed by atoms with E-state index in [9.17, 15) is 4.79 Å². The van der Waals surface area contributed by atoms with Crippen molar-refractivity contribution in [3.05, 3.63) is 16.3 Å². The normalized spacial score (nSPS) is 12.4. The minimum Gasteiger partial charge on any atom is -0.468 e. The van der Waals surface area contributed by atoms with Crippen molar-refractivity contribution in [1.82, 2.24) is 5.32 Å². The van der Waals surface area contributed by atoms with Crippen LogP contribution in [0.4, 0.5) is 5.69 Å². The number of hydrogen-bond donors (Lipinski definition) is 2. The van der Waals surface area contributed by atoms with Crippen LogP contribution in [0.5, 0.6) is 0 Å². The Morgan fingerprint density at radius 3 is 3.00 bits per heavy atom. The largest absolute Gasteiger partial charge is 0.468 e. The molecule has 0 aromatic carbocycles. The quantitative estimate of drug-likeness (QED) is 0.733. The Kier molecular flexibility index (Phi) is 3.91. The van der Waals surface area contributed by atoms with Gasteiger partial charge in [0.1, 0.15) is 6.04 Å². The minimum atomic E-state index is -0.304. The molecule has 0 radical (unpaired) electrons. The molecule has 0 spiro atoms. The van der Waals surface area contributed by atoms with Crippen LogP contribution < -0.4 is 11.1 Å². The highest BCUT2D eigenvalue weighted by atomic mass is 32.1. The third-order valence-electron chi connectivity index (χ3n) is 1.90. The number of thiophene rings is 1. The van der Waals surface area contributed by atoms with E-state index in [0.717, 1.165) is 10.6 Å². The van der Waals surface area contributed by atoms with E-state index in [2.05, 4.69) is 10.1 Å². The van der Waals surface area contributed by atoms with Crippen LogP contribution in [0, 0.1) is 0 Å². The van der Waals surface area contributed by atoms with Gasteiger partial charge in [-0.25, -0.2) is 0 Å². The molecule has 78 valence electrons. The standard InChI is InChI=1S/C9H14N2O2S/c1-6(9(12)13-2)11-5-8-7(10)3-4-14-8/h3-4,6,11H,5,10H2,1-2H3. The van der Waals surface area contributed by atoms with Crippen molar-refractivity contribution >= 4 is 23.0 Å². The number of methoxy groups -OCH3 is 1. The number of carbonyl (C=O) groups excluding carboxylic acids is 1. The third kappa shape index (κ3) is 2.71. The first-order valence-corrected chi connectivity index (χ1v) is 5.16. The Morgan fingerprint density at radius 2 is 2.50 bits per heavy atom. The fourth-order valence-electron chi connectivity index (χ4n) is 1.00. The third-order valence-corrected chi connectivity index (χ3v) is 2.84. The summed E-state index contributed by atoms with van der Waals surface area (Å²) >= 11 is 1.57. The lowest BCUT2D eigenvalue weighted by atomic mass is 10.3. The molecule has 0 aliphatic rings. The Bertz CT molecular complexity index is 312. The molecule has 14 heavy (non-hydrogen) atoms. The van der Waals surface area contributed by atoms with Crippen LogP contribution in [-0.4, -0.2) is 19.1 Å². The zero-order valence-electron chi connectivity index (χ0n) is 8.24. The van der Waals surface area contributed by atoms with Crippen molar-refractivity contribution in [2.45, 2.75) is 19.5 Å². The molecule has 1 aromatic heterocycles. The van der Waals surface area contributed by atoms with Crippen molar-refractivity contribution in [1.29, 1.82) is 0 Å². The summed E-state index contributed by atoms with van der Waals surface area (Å²) in [6, 6.07) is 1.55. The average Bonchev–Trinajstić information content (AvgIpc) is 2.59. The molecule has 1 aromatic rings. The average molecular weight is 214 g/mol. The van der Waals surface area contributed by atoms with E-state index >= 15 is 0 Å². The number of hydrogen-bond acceptors (Lipinski definition) is 5. The molecule has 0 fully saturated rings. The molecule has 1 atom stereocenters.